The molecule has 0 atom stereocenters. The molecule has 1 aliphatic heterocycles. The number of sulfone groups is 1. The van der Waals surface area contributed by atoms with Crippen LogP contribution in [0, 0.1) is 5.82 Å². The Morgan fingerprint density at radius 2 is 1.96 bits per heavy atom. The number of hydrogen-bond donors (Lipinski definition) is 2. The molecule has 2 aromatic rings. The number of ether oxygens (including phenoxy) is 1. The van der Waals surface area contributed by atoms with Crippen molar-refractivity contribution in [3.8, 4) is 11.5 Å². The number of fused-ring (bicyclic) bond motifs is 2. The highest BCUT2D eigenvalue weighted by Crippen LogP contribution is 2.41. The van der Waals surface area contributed by atoms with Gasteiger partial charge in [0.05, 0.1) is 16.3 Å². The van der Waals surface area contributed by atoms with Crippen molar-refractivity contribution < 1.29 is 22.3 Å². The number of amides is 1. The number of hydrogen-bond acceptors (Lipinski definition) is 4. The topological polar surface area (TPSA) is 125 Å². The molecule has 0 radical (unpaired) electrons. The zero-order valence-corrected chi connectivity index (χ0v) is 14.1. The van der Waals surface area contributed by atoms with Gasteiger partial charge < -0.3 is 16.2 Å². The summed E-state index contributed by atoms with van der Waals surface area (Å²) in [6, 6.07) is 6.14. The number of carbonyl (C=O) groups is 1. The summed E-state index contributed by atoms with van der Waals surface area (Å²) in [5.41, 5.74) is 9.98. The van der Waals surface area contributed by atoms with Crippen LogP contribution in [-0.4, -0.2) is 20.3 Å². The predicted octanol–water partition coefficient (Wildman–Crippen LogP) is 1.97. The lowest BCUT2D eigenvalue weighted by atomic mass is 10.2. The van der Waals surface area contributed by atoms with Crippen LogP contribution in [0.1, 0.15) is 15.9 Å². The molecule has 7 nitrogen and oxygen atoms in total. The molecular formula is C15H11ClFN3O4S. The number of rotatable bonds is 1. The van der Waals surface area contributed by atoms with Crippen molar-refractivity contribution in [1.29, 1.82) is 0 Å². The van der Waals surface area contributed by atoms with E-state index in [1.807, 2.05) is 0 Å². The monoisotopic (exact) mass is 383 g/mol. The first-order chi connectivity index (χ1) is 11.7. The zero-order valence-electron chi connectivity index (χ0n) is 12.5. The Morgan fingerprint density at radius 1 is 1.24 bits per heavy atom. The van der Waals surface area contributed by atoms with Crippen LogP contribution in [0.3, 0.4) is 0 Å². The molecule has 0 saturated heterocycles. The van der Waals surface area contributed by atoms with Crippen LogP contribution in [0.2, 0.25) is 5.02 Å². The van der Waals surface area contributed by atoms with E-state index in [1.54, 1.807) is 0 Å². The van der Waals surface area contributed by atoms with Crippen LogP contribution in [0.5, 0.6) is 11.5 Å². The third-order valence-corrected chi connectivity index (χ3v) is 5.43. The Balaban J connectivity index is 2.22. The number of benzene rings is 2. The molecule has 10 heteroatoms. The summed E-state index contributed by atoms with van der Waals surface area (Å²) in [5.74, 6) is -2.80. The molecule has 1 amide bonds. The van der Waals surface area contributed by atoms with E-state index in [0.717, 1.165) is 18.2 Å². The van der Waals surface area contributed by atoms with Gasteiger partial charge in [0.15, 0.2) is 15.8 Å². The molecule has 4 N–H and O–H groups in total. The maximum absolute atomic E-state index is 14.0. The average molecular weight is 384 g/mol. The van der Waals surface area contributed by atoms with Crippen LogP contribution in [0.15, 0.2) is 40.2 Å². The maximum Gasteiger partial charge on any atom is 0.281 e. The first-order valence-corrected chi connectivity index (χ1v) is 8.87. The van der Waals surface area contributed by atoms with Crippen LogP contribution < -0.4 is 16.2 Å². The van der Waals surface area contributed by atoms with Gasteiger partial charge in [0.1, 0.15) is 22.2 Å². The van der Waals surface area contributed by atoms with Gasteiger partial charge in [0, 0.05) is 11.6 Å². The second kappa shape index (κ2) is 6.01. The van der Waals surface area contributed by atoms with E-state index in [0.29, 0.717) is 0 Å². The third-order valence-electron chi connectivity index (χ3n) is 3.46. The maximum atomic E-state index is 14.0. The molecule has 130 valence electrons. The lowest BCUT2D eigenvalue weighted by Crippen LogP contribution is -2.24. The van der Waals surface area contributed by atoms with E-state index in [4.69, 9.17) is 27.8 Å². The molecule has 0 saturated carbocycles. The van der Waals surface area contributed by atoms with Gasteiger partial charge in [-0.2, -0.15) is 4.99 Å². The van der Waals surface area contributed by atoms with Crippen LogP contribution in [0.4, 0.5) is 4.39 Å². The van der Waals surface area contributed by atoms with E-state index in [-0.39, 0.29) is 32.5 Å². The van der Waals surface area contributed by atoms with Crippen molar-refractivity contribution in [2.24, 2.45) is 16.5 Å². The Morgan fingerprint density at radius 3 is 2.64 bits per heavy atom. The highest BCUT2D eigenvalue weighted by molar-refractivity contribution is 7.90. The first kappa shape index (κ1) is 17.2. The fourth-order valence-corrected chi connectivity index (χ4v) is 4.11. The van der Waals surface area contributed by atoms with Gasteiger partial charge in [0.25, 0.3) is 5.91 Å². The van der Waals surface area contributed by atoms with Gasteiger partial charge in [-0.15, -0.1) is 0 Å². The minimum atomic E-state index is -4.00. The fraction of sp³-hybridized carbons (Fsp3) is 0.0667. The largest absolute Gasteiger partial charge is 0.456 e. The third kappa shape index (κ3) is 3.15. The molecule has 1 aliphatic rings. The van der Waals surface area contributed by atoms with Gasteiger partial charge in [0.2, 0.25) is 0 Å². The van der Waals surface area contributed by atoms with E-state index >= 15 is 0 Å². The van der Waals surface area contributed by atoms with Crippen molar-refractivity contribution in [1.82, 2.24) is 0 Å². The summed E-state index contributed by atoms with van der Waals surface area (Å²) in [6.07, 6.45) is 0. The number of aliphatic imine (C=N–C) groups is 1. The van der Waals surface area contributed by atoms with Crippen molar-refractivity contribution in [2.75, 3.05) is 0 Å². The van der Waals surface area contributed by atoms with Crippen LogP contribution in [-0.2, 0) is 15.6 Å². The van der Waals surface area contributed by atoms with Gasteiger partial charge in [-0.25, -0.2) is 12.8 Å². The molecule has 0 aliphatic carbocycles. The summed E-state index contributed by atoms with van der Waals surface area (Å²) < 4.78 is 44.8. The van der Waals surface area contributed by atoms with Crippen molar-refractivity contribution in [2.45, 2.75) is 10.6 Å². The number of nitrogens with two attached hydrogens (primary N) is 2. The molecule has 0 fully saturated rings. The molecular weight excluding hydrogens is 373 g/mol. The predicted molar refractivity (Wildman–Crippen MR) is 89.0 cm³/mol. The van der Waals surface area contributed by atoms with Crippen molar-refractivity contribution in [3.05, 3.63) is 52.3 Å². The number of nitrogens with zero attached hydrogens (tertiary/aromatic N) is 1. The fourth-order valence-electron chi connectivity index (χ4n) is 2.36. The van der Waals surface area contributed by atoms with Gasteiger partial charge >= 0.3 is 0 Å². The van der Waals surface area contributed by atoms with Gasteiger partial charge in [-0.3, -0.25) is 4.79 Å². The molecule has 3 rings (SSSR count). The number of carbonyl (C=O) groups excluding carboxylic acids is 1. The van der Waals surface area contributed by atoms with E-state index < -0.39 is 33.3 Å². The second-order valence-corrected chi connectivity index (χ2v) is 7.56. The van der Waals surface area contributed by atoms with E-state index in [2.05, 4.69) is 4.99 Å². The summed E-state index contributed by atoms with van der Waals surface area (Å²) in [4.78, 5) is 15.0. The summed E-state index contributed by atoms with van der Waals surface area (Å²) in [5, 5.41) is -0.108. The minimum Gasteiger partial charge on any atom is -0.456 e. The van der Waals surface area contributed by atoms with Crippen molar-refractivity contribution in [3.63, 3.8) is 0 Å². The summed E-state index contributed by atoms with van der Waals surface area (Å²) in [6.45, 7) is 0. The Hall–Kier alpha value is -2.65. The Bertz CT molecular complexity index is 1030. The number of halogens is 2. The molecule has 0 unspecified atom stereocenters. The average Bonchev–Trinajstić information content (AvgIpc) is 2.60. The lowest BCUT2D eigenvalue weighted by molar-refractivity contribution is 0.100. The lowest BCUT2D eigenvalue weighted by Gasteiger charge is -2.10. The molecule has 0 aromatic heterocycles. The van der Waals surface area contributed by atoms with Crippen LogP contribution in [0.25, 0.3) is 0 Å². The smallest absolute Gasteiger partial charge is 0.281 e. The van der Waals surface area contributed by atoms with E-state index in [9.17, 15) is 17.6 Å². The number of guanidine groups is 1. The Kier molecular flexibility index (Phi) is 4.13. The van der Waals surface area contributed by atoms with Crippen molar-refractivity contribution >= 4 is 33.3 Å². The quantitative estimate of drug-likeness (QED) is 0.573. The molecule has 1 heterocycles. The minimum absolute atomic E-state index is 0.0571. The second-order valence-electron chi connectivity index (χ2n) is 5.20. The van der Waals surface area contributed by atoms with E-state index in [1.165, 1.54) is 12.1 Å². The standard InChI is InChI=1S/C15H11ClFN3O4S/c16-9-5-12-13(4-7(9)14(21)20-15(18)19)25(22,23)6-8-10(17)2-1-3-11(8)24-12/h1-5H,6H2,(H4,18,19,20,21). The highest BCUT2D eigenvalue weighted by atomic mass is 35.5. The molecule has 2 aromatic carbocycles. The van der Waals surface area contributed by atoms with Gasteiger partial charge in [-0.05, 0) is 18.2 Å². The zero-order chi connectivity index (χ0) is 18.4. The molecule has 0 bridgehead atoms. The summed E-state index contributed by atoms with van der Waals surface area (Å²) >= 11 is 6.02. The van der Waals surface area contributed by atoms with Gasteiger partial charge in [-0.1, -0.05) is 17.7 Å². The first-order valence-electron chi connectivity index (χ1n) is 6.84. The van der Waals surface area contributed by atoms with Crippen LogP contribution >= 0.6 is 11.6 Å². The molecule has 25 heavy (non-hydrogen) atoms. The Labute approximate surface area is 147 Å². The summed E-state index contributed by atoms with van der Waals surface area (Å²) in [7, 11) is -4.00. The molecule has 0 spiro atoms. The highest BCUT2D eigenvalue weighted by Gasteiger charge is 2.30. The SMILES string of the molecule is NC(N)=NC(=O)c1cc2c(cc1Cl)Oc1cccc(F)c1CS2(=O)=O. The normalized spacial score (nSPS) is 14.5.